The first-order valence-electron chi connectivity index (χ1n) is 11.6. The van der Waals surface area contributed by atoms with Gasteiger partial charge in [-0.2, -0.15) is 0 Å². The monoisotopic (exact) mass is 433 g/mol. The number of hydrogen-bond acceptors (Lipinski definition) is 4. The molecular formula is C24H43N3O2Si. The smallest absolute Gasteiger partial charge is 0.229 e. The maximum absolute atomic E-state index is 12.7. The number of hydrogen-bond donors (Lipinski definition) is 2. The van der Waals surface area contributed by atoms with Gasteiger partial charge in [-0.25, -0.2) is 0 Å². The third kappa shape index (κ3) is 5.20. The summed E-state index contributed by atoms with van der Waals surface area (Å²) >= 11 is 0. The van der Waals surface area contributed by atoms with Gasteiger partial charge >= 0.3 is 0 Å². The quantitative estimate of drug-likeness (QED) is 0.286. The Morgan fingerprint density at radius 3 is 2.40 bits per heavy atom. The van der Waals surface area contributed by atoms with Crippen molar-refractivity contribution in [1.29, 1.82) is 0 Å². The maximum Gasteiger partial charge on any atom is 0.229 e. The van der Waals surface area contributed by atoms with Crippen molar-refractivity contribution < 1.29 is 9.22 Å². The standard InChI is InChI=1S/C24H43N3O2Si/c1-17(2)30(18(3)4,19(5)6)29-16-10-14-26-23-20(11-8-13-22(23)25)21-12-9-15-27(7)24(21)28/h8,11,13,17-19,21,26H,9-10,12,14-16,25H2,1-7H3. The van der Waals surface area contributed by atoms with Gasteiger partial charge in [-0.15, -0.1) is 0 Å². The zero-order valence-electron chi connectivity index (χ0n) is 20.1. The molecule has 0 saturated carbocycles. The highest BCUT2D eigenvalue weighted by Crippen LogP contribution is 2.42. The molecule has 0 spiro atoms. The van der Waals surface area contributed by atoms with Gasteiger partial charge in [0.2, 0.25) is 5.91 Å². The van der Waals surface area contributed by atoms with Gasteiger partial charge in [0.1, 0.15) is 0 Å². The molecule has 2 rings (SSSR count). The number of carbonyl (C=O) groups excluding carboxylic acids is 1. The van der Waals surface area contributed by atoms with E-state index in [0.717, 1.165) is 50.2 Å². The number of rotatable bonds is 10. The van der Waals surface area contributed by atoms with Gasteiger partial charge in [0.05, 0.1) is 17.3 Å². The number of likely N-dealkylation sites (N-methyl/N-ethyl adjacent to an activating group) is 1. The number of nitrogen functional groups attached to an aromatic ring is 1. The van der Waals surface area contributed by atoms with Crippen LogP contribution in [0.3, 0.4) is 0 Å². The predicted molar refractivity (Wildman–Crippen MR) is 131 cm³/mol. The Morgan fingerprint density at radius 1 is 1.17 bits per heavy atom. The van der Waals surface area contributed by atoms with Crippen LogP contribution in [0.5, 0.6) is 0 Å². The van der Waals surface area contributed by atoms with Crippen LogP contribution in [0.25, 0.3) is 0 Å². The molecule has 1 aromatic rings. The first-order valence-corrected chi connectivity index (χ1v) is 13.8. The second-order valence-electron chi connectivity index (χ2n) is 9.71. The molecule has 6 heteroatoms. The van der Waals surface area contributed by atoms with Gasteiger partial charge in [0, 0.05) is 26.7 Å². The van der Waals surface area contributed by atoms with Crippen LogP contribution < -0.4 is 11.1 Å². The molecule has 1 aromatic carbocycles. The van der Waals surface area contributed by atoms with Gasteiger partial charge in [-0.3, -0.25) is 4.79 Å². The summed E-state index contributed by atoms with van der Waals surface area (Å²) in [4.78, 5) is 14.5. The molecule has 30 heavy (non-hydrogen) atoms. The number of para-hydroxylation sites is 1. The molecule has 1 atom stereocenters. The van der Waals surface area contributed by atoms with E-state index < -0.39 is 8.32 Å². The first kappa shape index (κ1) is 24.7. The van der Waals surface area contributed by atoms with Crippen molar-refractivity contribution in [3.63, 3.8) is 0 Å². The van der Waals surface area contributed by atoms with Crippen LogP contribution in [-0.2, 0) is 9.22 Å². The van der Waals surface area contributed by atoms with Crippen molar-refractivity contribution in [2.24, 2.45) is 0 Å². The molecule has 1 amide bonds. The summed E-state index contributed by atoms with van der Waals surface area (Å²) in [7, 11) is 0.0635. The molecule has 170 valence electrons. The molecule has 1 fully saturated rings. The lowest BCUT2D eigenvalue weighted by atomic mass is 9.88. The number of amides is 1. The average molecular weight is 434 g/mol. The summed E-state index contributed by atoms with van der Waals surface area (Å²) in [5, 5.41) is 3.53. The highest BCUT2D eigenvalue weighted by Gasteiger charge is 2.44. The van der Waals surface area contributed by atoms with Crippen molar-refractivity contribution in [1.82, 2.24) is 4.90 Å². The van der Waals surface area contributed by atoms with E-state index in [2.05, 4.69) is 46.9 Å². The Balaban J connectivity index is 2.02. The summed E-state index contributed by atoms with van der Waals surface area (Å²) in [6.45, 7) is 16.3. The summed E-state index contributed by atoms with van der Waals surface area (Å²) in [6.07, 6.45) is 2.84. The van der Waals surface area contributed by atoms with Crippen molar-refractivity contribution in [3.05, 3.63) is 23.8 Å². The molecule has 0 aromatic heterocycles. The average Bonchev–Trinajstić information content (AvgIpc) is 2.67. The van der Waals surface area contributed by atoms with Crippen molar-refractivity contribution in [2.45, 2.75) is 83.3 Å². The molecule has 0 bridgehead atoms. The van der Waals surface area contributed by atoms with Crippen LogP contribution in [0.15, 0.2) is 18.2 Å². The van der Waals surface area contributed by atoms with E-state index in [4.69, 9.17) is 10.2 Å². The zero-order valence-corrected chi connectivity index (χ0v) is 21.1. The van der Waals surface area contributed by atoms with E-state index >= 15 is 0 Å². The number of nitrogens with two attached hydrogens (primary N) is 1. The summed E-state index contributed by atoms with van der Waals surface area (Å²) in [5.41, 5.74) is 10.7. The summed E-state index contributed by atoms with van der Waals surface area (Å²) in [5.74, 6) is 0.0914. The molecule has 3 N–H and O–H groups in total. The lowest BCUT2D eigenvalue weighted by Crippen LogP contribution is -2.48. The van der Waals surface area contributed by atoms with Gasteiger partial charge in [-0.1, -0.05) is 53.7 Å². The van der Waals surface area contributed by atoms with E-state index in [9.17, 15) is 4.79 Å². The zero-order chi connectivity index (χ0) is 22.5. The van der Waals surface area contributed by atoms with Crippen LogP contribution in [-0.4, -0.2) is 45.9 Å². The van der Waals surface area contributed by atoms with E-state index in [-0.39, 0.29) is 11.8 Å². The Hall–Kier alpha value is -1.53. The Labute approximate surface area is 184 Å². The van der Waals surface area contributed by atoms with E-state index in [1.54, 1.807) is 0 Å². The molecule has 0 radical (unpaired) electrons. The maximum atomic E-state index is 12.7. The third-order valence-electron chi connectivity index (χ3n) is 6.85. The lowest BCUT2D eigenvalue weighted by Gasteiger charge is -2.42. The normalized spacial score (nSPS) is 18.0. The molecule has 5 nitrogen and oxygen atoms in total. The van der Waals surface area contributed by atoms with Crippen molar-refractivity contribution in [3.8, 4) is 0 Å². The Kier molecular flexibility index (Phi) is 8.80. The highest BCUT2D eigenvalue weighted by molar-refractivity contribution is 6.77. The van der Waals surface area contributed by atoms with Gasteiger partial charge in [-0.05, 0) is 47.5 Å². The molecule has 1 saturated heterocycles. The second kappa shape index (κ2) is 10.7. The van der Waals surface area contributed by atoms with Crippen molar-refractivity contribution >= 4 is 25.6 Å². The van der Waals surface area contributed by atoms with Crippen LogP contribution in [0.4, 0.5) is 11.4 Å². The van der Waals surface area contributed by atoms with Gasteiger partial charge in [0.15, 0.2) is 8.32 Å². The fraction of sp³-hybridized carbons (Fsp3) is 0.708. The number of carbonyl (C=O) groups is 1. The van der Waals surface area contributed by atoms with Crippen LogP contribution >= 0.6 is 0 Å². The molecule has 1 unspecified atom stereocenters. The number of piperidine rings is 1. The summed E-state index contributed by atoms with van der Waals surface area (Å²) in [6, 6.07) is 5.91. The third-order valence-corrected chi connectivity index (χ3v) is 13.0. The van der Waals surface area contributed by atoms with Gasteiger partial charge < -0.3 is 20.4 Å². The van der Waals surface area contributed by atoms with E-state index in [1.165, 1.54) is 0 Å². The largest absolute Gasteiger partial charge is 0.416 e. The highest BCUT2D eigenvalue weighted by atomic mass is 28.4. The number of anilines is 2. The topological polar surface area (TPSA) is 67.6 Å². The van der Waals surface area contributed by atoms with E-state index in [1.807, 2.05) is 30.1 Å². The fourth-order valence-electron chi connectivity index (χ4n) is 5.44. The number of likely N-dealkylation sites (tertiary alicyclic amines) is 1. The van der Waals surface area contributed by atoms with Crippen LogP contribution in [0.2, 0.25) is 16.6 Å². The predicted octanol–water partition coefficient (Wildman–Crippen LogP) is 5.60. The number of benzene rings is 1. The van der Waals surface area contributed by atoms with E-state index in [0.29, 0.717) is 22.3 Å². The molecule has 1 heterocycles. The minimum absolute atomic E-state index is 0.103. The number of nitrogens with zero attached hydrogens (tertiary/aromatic N) is 1. The fourth-order valence-corrected chi connectivity index (χ4v) is 10.9. The SMILES string of the molecule is CC(C)[Si](OCCCNc1c(N)cccc1C1CCCN(C)C1=O)(C(C)C)C(C)C. The Morgan fingerprint density at radius 2 is 1.80 bits per heavy atom. The second-order valence-corrected chi connectivity index (χ2v) is 15.2. The lowest BCUT2D eigenvalue weighted by molar-refractivity contribution is -0.133. The molecular weight excluding hydrogens is 390 g/mol. The first-order chi connectivity index (χ1) is 14.1. The van der Waals surface area contributed by atoms with Crippen LogP contribution in [0, 0.1) is 0 Å². The minimum atomic E-state index is -1.82. The Bertz CT molecular complexity index is 684. The molecule has 1 aliphatic heterocycles. The molecule has 0 aliphatic carbocycles. The minimum Gasteiger partial charge on any atom is -0.416 e. The molecule has 1 aliphatic rings. The van der Waals surface area contributed by atoms with Crippen molar-refractivity contribution in [2.75, 3.05) is 37.8 Å². The summed E-state index contributed by atoms with van der Waals surface area (Å²) < 4.78 is 6.67. The van der Waals surface area contributed by atoms with Crippen LogP contribution in [0.1, 0.15) is 72.3 Å². The van der Waals surface area contributed by atoms with Gasteiger partial charge in [0.25, 0.3) is 0 Å². The number of nitrogens with one attached hydrogen (secondary N) is 1.